The molecule has 0 saturated heterocycles. The number of rotatable bonds is 5. The highest BCUT2D eigenvalue weighted by Gasteiger charge is 2.13. The second kappa shape index (κ2) is 6.47. The standard InChI is InChI=1S/C15H19F2N3S/c1-15(2,3)20-10-11(9-19-20)8-18-12-4-6-13(7-5-12)21-14(16)17/h4-7,9-10,14,18H,8H2,1-3H3. The van der Waals surface area contributed by atoms with E-state index < -0.39 is 5.76 Å². The van der Waals surface area contributed by atoms with Crippen LogP contribution in [0.2, 0.25) is 0 Å². The van der Waals surface area contributed by atoms with E-state index in [4.69, 9.17) is 0 Å². The highest BCUT2D eigenvalue weighted by molar-refractivity contribution is 7.99. The first-order chi connectivity index (χ1) is 9.84. The zero-order valence-corrected chi connectivity index (χ0v) is 13.1. The van der Waals surface area contributed by atoms with Crippen molar-refractivity contribution in [2.75, 3.05) is 5.32 Å². The van der Waals surface area contributed by atoms with Crippen LogP contribution in [0, 0.1) is 0 Å². The third-order valence-electron chi connectivity index (χ3n) is 2.90. The Morgan fingerprint density at radius 3 is 2.43 bits per heavy atom. The largest absolute Gasteiger partial charge is 0.381 e. The normalized spacial score (nSPS) is 11.9. The van der Waals surface area contributed by atoms with E-state index in [1.807, 2.05) is 17.1 Å². The highest BCUT2D eigenvalue weighted by Crippen LogP contribution is 2.26. The van der Waals surface area contributed by atoms with Gasteiger partial charge in [-0.1, -0.05) is 11.8 Å². The number of alkyl halides is 2. The predicted octanol–water partition coefficient (Wildman–Crippen LogP) is 4.56. The smallest absolute Gasteiger partial charge is 0.288 e. The van der Waals surface area contributed by atoms with Crippen LogP contribution in [0.25, 0.3) is 0 Å². The molecule has 0 saturated carbocycles. The van der Waals surface area contributed by atoms with Crippen molar-refractivity contribution in [1.82, 2.24) is 9.78 Å². The van der Waals surface area contributed by atoms with Gasteiger partial charge in [0.05, 0.1) is 11.7 Å². The molecule has 114 valence electrons. The summed E-state index contributed by atoms with van der Waals surface area (Å²) in [5, 5.41) is 7.59. The van der Waals surface area contributed by atoms with Crippen molar-refractivity contribution in [3.8, 4) is 0 Å². The molecule has 3 nitrogen and oxygen atoms in total. The van der Waals surface area contributed by atoms with Gasteiger partial charge in [0.15, 0.2) is 0 Å². The highest BCUT2D eigenvalue weighted by atomic mass is 32.2. The maximum atomic E-state index is 12.2. The fourth-order valence-corrected chi connectivity index (χ4v) is 2.28. The van der Waals surface area contributed by atoms with Crippen LogP contribution >= 0.6 is 11.8 Å². The van der Waals surface area contributed by atoms with Gasteiger partial charge in [-0.15, -0.1) is 0 Å². The molecule has 0 unspecified atom stereocenters. The summed E-state index contributed by atoms with van der Waals surface area (Å²) < 4.78 is 26.4. The maximum Gasteiger partial charge on any atom is 0.288 e. The lowest BCUT2D eigenvalue weighted by Crippen LogP contribution is -2.21. The summed E-state index contributed by atoms with van der Waals surface area (Å²) in [6.45, 7) is 6.93. The molecule has 0 fully saturated rings. The van der Waals surface area contributed by atoms with Gasteiger partial charge in [-0.3, -0.25) is 4.68 Å². The topological polar surface area (TPSA) is 29.9 Å². The van der Waals surface area contributed by atoms with Crippen LogP contribution in [0.5, 0.6) is 0 Å². The molecule has 0 aliphatic carbocycles. The third kappa shape index (κ3) is 4.74. The SMILES string of the molecule is CC(C)(C)n1cc(CNc2ccc(SC(F)F)cc2)cn1. The zero-order chi connectivity index (χ0) is 15.5. The minimum absolute atomic E-state index is 0.0353. The molecular formula is C15H19F2N3S. The van der Waals surface area contributed by atoms with Gasteiger partial charge in [-0.2, -0.15) is 13.9 Å². The van der Waals surface area contributed by atoms with Crippen LogP contribution in [-0.4, -0.2) is 15.5 Å². The Kier molecular flexibility index (Phi) is 4.88. The Balaban J connectivity index is 1.92. The Labute approximate surface area is 127 Å². The number of hydrogen-bond donors (Lipinski definition) is 1. The lowest BCUT2D eigenvalue weighted by molar-refractivity contribution is 0.252. The molecule has 1 aromatic heterocycles. The summed E-state index contributed by atoms with van der Waals surface area (Å²) in [6.07, 6.45) is 3.84. The average molecular weight is 311 g/mol. The van der Waals surface area contributed by atoms with Crippen LogP contribution in [0.1, 0.15) is 26.3 Å². The van der Waals surface area contributed by atoms with E-state index in [1.54, 1.807) is 24.3 Å². The molecule has 0 atom stereocenters. The molecule has 21 heavy (non-hydrogen) atoms. The monoisotopic (exact) mass is 311 g/mol. The van der Waals surface area contributed by atoms with Gasteiger partial charge in [-0.05, 0) is 45.0 Å². The van der Waals surface area contributed by atoms with Crippen LogP contribution in [0.15, 0.2) is 41.6 Å². The molecule has 0 aliphatic rings. The van der Waals surface area contributed by atoms with Crippen molar-refractivity contribution in [3.05, 3.63) is 42.2 Å². The minimum atomic E-state index is -2.38. The molecule has 0 aliphatic heterocycles. The summed E-state index contributed by atoms with van der Waals surface area (Å²) in [5.74, 6) is -2.38. The van der Waals surface area contributed by atoms with Crippen molar-refractivity contribution in [1.29, 1.82) is 0 Å². The summed E-state index contributed by atoms with van der Waals surface area (Å²) in [6, 6.07) is 6.99. The first kappa shape index (κ1) is 15.8. The number of aromatic nitrogens is 2. The number of benzene rings is 1. The van der Waals surface area contributed by atoms with E-state index in [0.29, 0.717) is 23.2 Å². The van der Waals surface area contributed by atoms with Gasteiger partial charge in [0.25, 0.3) is 5.76 Å². The van der Waals surface area contributed by atoms with E-state index >= 15 is 0 Å². The fourth-order valence-electron chi connectivity index (χ4n) is 1.78. The van der Waals surface area contributed by atoms with Crippen molar-refractivity contribution in [2.24, 2.45) is 0 Å². The quantitative estimate of drug-likeness (QED) is 0.821. The first-order valence-electron chi connectivity index (χ1n) is 6.67. The minimum Gasteiger partial charge on any atom is -0.381 e. The molecule has 0 radical (unpaired) electrons. The molecule has 1 aromatic carbocycles. The van der Waals surface area contributed by atoms with Crippen LogP contribution < -0.4 is 5.32 Å². The number of halogens is 2. The van der Waals surface area contributed by atoms with E-state index in [2.05, 4.69) is 31.2 Å². The van der Waals surface area contributed by atoms with E-state index in [-0.39, 0.29) is 5.54 Å². The van der Waals surface area contributed by atoms with Crippen LogP contribution in [0.4, 0.5) is 14.5 Å². The van der Waals surface area contributed by atoms with Crippen LogP contribution in [-0.2, 0) is 12.1 Å². The Hall–Kier alpha value is -1.56. The number of nitrogens with one attached hydrogen (secondary N) is 1. The van der Waals surface area contributed by atoms with Gasteiger partial charge in [-0.25, -0.2) is 0 Å². The van der Waals surface area contributed by atoms with Gasteiger partial charge >= 0.3 is 0 Å². The molecule has 2 aromatic rings. The number of anilines is 1. The molecule has 1 N–H and O–H groups in total. The predicted molar refractivity (Wildman–Crippen MR) is 82.9 cm³/mol. The summed E-state index contributed by atoms with van der Waals surface area (Å²) in [5.41, 5.74) is 1.94. The summed E-state index contributed by atoms with van der Waals surface area (Å²) >= 11 is 0.553. The third-order valence-corrected chi connectivity index (χ3v) is 3.62. The molecule has 2 rings (SSSR count). The van der Waals surface area contributed by atoms with Crippen LogP contribution in [0.3, 0.4) is 0 Å². The van der Waals surface area contributed by atoms with E-state index in [9.17, 15) is 8.78 Å². The number of hydrogen-bond acceptors (Lipinski definition) is 3. The first-order valence-corrected chi connectivity index (χ1v) is 7.55. The van der Waals surface area contributed by atoms with Crippen molar-refractivity contribution >= 4 is 17.4 Å². The second-order valence-electron chi connectivity index (χ2n) is 5.72. The van der Waals surface area contributed by atoms with E-state index in [1.165, 1.54) is 0 Å². The number of thioether (sulfide) groups is 1. The van der Waals surface area contributed by atoms with E-state index in [0.717, 1.165) is 11.3 Å². The lowest BCUT2D eigenvalue weighted by atomic mass is 10.1. The summed E-state index contributed by atoms with van der Waals surface area (Å²) in [4.78, 5) is 0.566. The second-order valence-corrected chi connectivity index (χ2v) is 6.78. The Bertz CT molecular complexity index is 573. The Morgan fingerprint density at radius 1 is 1.24 bits per heavy atom. The molecule has 0 bridgehead atoms. The fraction of sp³-hybridized carbons (Fsp3) is 0.400. The molecule has 6 heteroatoms. The molecule has 0 spiro atoms. The van der Waals surface area contributed by atoms with Crippen molar-refractivity contribution in [3.63, 3.8) is 0 Å². The van der Waals surface area contributed by atoms with Gasteiger partial charge in [0.1, 0.15) is 0 Å². The van der Waals surface area contributed by atoms with Crippen molar-refractivity contribution < 1.29 is 8.78 Å². The lowest BCUT2D eigenvalue weighted by Gasteiger charge is -2.18. The molecular weight excluding hydrogens is 292 g/mol. The zero-order valence-electron chi connectivity index (χ0n) is 12.3. The maximum absolute atomic E-state index is 12.2. The van der Waals surface area contributed by atoms with Gasteiger partial charge in [0, 0.05) is 28.9 Å². The average Bonchev–Trinajstić information content (AvgIpc) is 2.86. The molecule has 1 heterocycles. The van der Waals surface area contributed by atoms with Crippen molar-refractivity contribution in [2.45, 2.75) is 43.5 Å². The van der Waals surface area contributed by atoms with Gasteiger partial charge in [0.2, 0.25) is 0 Å². The number of nitrogens with zero attached hydrogens (tertiary/aromatic N) is 2. The Morgan fingerprint density at radius 2 is 1.90 bits per heavy atom. The molecule has 0 amide bonds. The van der Waals surface area contributed by atoms with Gasteiger partial charge < -0.3 is 5.32 Å². The summed E-state index contributed by atoms with van der Waals surface area (Å²) in [7, 11) is 0.